The summed E-state index contributed by atoms with van der Waals surface area (Å²) in [6, 6.07) is 4.48. The van der Waals surface area contributed by atoms with Gasteiger partial charge in [-0.2, -0.15) is 15.2 Å². The predicted molar refractivity (Wildman–Crippen MR) is 121 cm³/mol. The van der Waals surface area contributed by atoms with Gasteiger partial charge < -0.3 is 10.2 Å². The average Bonchev–Trinajstić information content (AvgIpc) is 3.34. The highest BCUT2D eigenvalue weighted by Crippen LogP contribution is 2.36. The fraction of sp³-hybridized carbons (Fsp3) is 0.429. The molecule has 2 bridgehead atoms. The van der Waals surface area contributed by atoms with E-state index >= 15 is 0 Å². The SMILES string of the molecule is Cn1cc2c(Cl)c(-c3[nH]nc4nc(N5C6CCCC5CNC6)n(C)c(=O)c34)ccc2n1. The molecule has 2 aliphatic rings. The second-order valence-corrected chi connectivity index (χ2v) is 8.92. The summed E-state index contributed by atoms with van der Waals surface area (Å²) in [7, 11) is 3.65. The summed E-state index contributed by atoms with van der Waals surface area (Å²) >= 11 is 6.71. The summed E-state index contributed by atoms with van der Waals surface area (Å²) in [6.07, 6.45) is 5.29. The third-order valence-corrected chi connectivity index (χ3v) is 7.04. The predicted octanol–water partition coefficient (Wildman–Crippen LogP) is 2.19. The first-order valence-electron chi connectivity index (χ1n) is 10.6. The molecule has 0 aliphatic carbocycles. The zero-order valence-corrected chi connectivity index (χ0v) is 18.1. The lowest BCUT2D eigenvalue weighted by Gasteiger charge is -2.47. The van der Waals surface area contributed by atoms with Crippen molar-refractivity contribution in [2.75, 3.05) is 18.0 Å². The molecule has 0 radical (unpaired) electrons. The summed E-state index contributed by atoms with van der Waals surface area (Å²) in [5.41, 5.74) is 2.41. The molecule has 4 aromatic rings. The largest absolute Gasteiger partial charge is 0.334 e. The third-order valence-electron chi connectivity index (χ3n) is 6.63. The first-order valence-corrected chi connectivity index (χ1v) is 11.0. The highest BCUT2D eigenvalue weighted by molar-refractivity contribution is 6.38. The molecule has 2 N–H and O–H groups in total. The maximum atomic E-state index is 13.5. The van der Waals surface area contributed by atoms with Crippen LogP contribution in [0, 0.1) is 0 Å². The molecule has 2 aliphatic heterocycles. The molecule has 0 spiro atoms. The fourth-order valence-corrected chi connectivity index (χ4v) is 5.45. The van der Waals surface area contributed by atoms with E-state index in [0.717, 1.165) is 42.4 Å². The summed E-state index contributed by atoms with van der Waals surface area (Å²) < 4.78 is 3.39. The minimum atomic E-state index is -0.122. The van der Waals surface area contributed by atoms with Crippen molar-refractivity contribution in [3.8, 4) is 11.3 Å². The summed E-state index contributed by atoms with van der Waals surface area (Å²) in [5, 5.41) is 17.2. The molecule has 2 unspecified atom stereocenters. The maximum Gasteiger partial charge on any atom is 0.266 e. The van der Waals surface area contributed by atoms with Gasteiger partial charge in [0.2, 0.25) is 5.95 Å². The number of aryl methyl sites for hydroxylation is 1. The molecule has 6 rings (SSSR count). The Kier molecular flexibility index (Phi) is 4.13. The molecular formula is C21H23ClN8O. The smallest absolute Gasteiger partial charge is 0.266 e. The Balaban J connectivity index is 1.53. The van der Waals surface area contributed by atoms with Crippen LogP contribution in [0.2, 0.25) is 5.02 Å². The molecular weight excluding hydrogens is 416 g/mol. The van der Waals surface area contributed by atoms with Gasteiger partial charge in [-0.05, 0) is 31.4 Å². The van der Waals surface area contributed by atoms with Crippen molar-refractivity contribution in [1.29, 1.82) is 0 Å². The molecule has 2 saturated heterocycles. The number of H-pyrrole nitrogens is 1. The van der Waals surface area contributed by atoms with E-state index in [1.54, 1.807) is 16.3 Å². The number of anilines is 1. The van der Waals surface area contributed by atoms with Crippen molar-refractivity contribution in [1.82, 2.24) is 34.8 Å². The van der Waals surface area contributed by atoms with Gasteiger partial charge in [-0.25, -0.2) is 0 Å². The topological polar surface area (TPSA) is 96.7 Å². The van der Waals surface area contributed by atoms with Gasteiger partial charge in [-0.15, -0.1) is 0 Å². The van der Waals surface area contributed by atoms with Crippen LogP contribution in [-0.2, 0) is 14.1 Å². The molecule has 10 heteroatoms. The van der Waals surface area contributed by atoms with Crippen LogP contribution in [0.3, 0.4) is 0 Å². The highest BCUT2D eigenvalue weighted by Gasteiger charge is 2.36. The van der Waals surface area contributed by atoms with Crippen molar-refractivity contribution < 1.29 is 0 Å². The Labute approximate surface area is 183 Å². The number of fused-ring (bicyclic) bond motifs is 4. The summed E-state index contributed by atoms with van der Waals surface area (Å²) in [6.45, 7) is 1.83. The zero-order valence-electron chi connectivity index (χ0n) is 17.4. The molecule has 31 heavy (non-hydrogen) atoms. The van der Waals surface area contributed by atoms with Crippen LogP contribution in [0.15, 0.2) is 23.1 Å². The van der Waals surface area contributed by atoms with Crippen molar-refractivity contribution in [3.63, 3.8) is 0 Å². The van der Waals surface area contributed by atoms with Crippen LogP contribution in [0.5, 0.6) is 0 Å². The number of rotatable bonds is 2. The van der Waals surface area contributed by atoms with Crippen molar-refractivity contribution in [2.24, 2.45) is 14.1 Å². The van der Waals surface area contributed by atoms with E-state index in [0.29, 0.717) is 39.8 Å². The Morgan fingerprint density at radius 2 is 1.94 bits per heavy atom. The average molecular weight is 439 g/mol. The standard InChI is InChI=1S/C21H23ClN8O/c1-28-10-14-15(27-28)7-6-13(17(14)22)18-16-19(26-25-18)24-21(29(2)20(16)31)30-11-4-3-5-12(30)9-23-8-11/h6-7,10-12,23H,3-5,8-9H2,1-2H3,(H,25,26). The van der Waals surface area contributed by atoms with E-state index in [-0.39, 0.29) is 5.56 Å². The lowest BCUT2D eigenvalue weighted by molar-refractivity contribution is 0.305. The van der Waals surface area contributed by atoms with Gasteiger partial charge in [0.25, 0.3) is 5.56 Å². The first-order chi connectivity index (χ1) is 15.0. The van der Waals surface area contributed by atoms with Crippen LogP contribution in [0.25, 0.3) is 33.2 Å². The van der Waals surface area contributed by atoms with Gasteiger partial charge in [-0.3, -0.25) is 19.1 Å². The Hall–Kier alpha value is -2.91. The van der Waals surface area contributed by atoms with E-state index < -0.39 is 0 Å². The Morgan fingerprint density at radius 1 is 1.16 bits per heavy atom. The molecule has 2 fully saturated rings. The number of aromatic nitrogens is 6. The minimum Gasteiger partial charge on any atom is -0.334 e. The van der Waals surface area contributed by atoms with Gasteiger partial charge in [0.05, 0.1) is 16.2 Å². The Morgan fingerprint density at radius 3 is 2.71 bits per heavy atom. The summed E-state index contributed by atoms with van der Waals surface area (Å²) in [4.78, 5) is 20.7. The minimum absolute atomic E-state index is 0.122. The van der Waals surface area contributed by atoms with Crippen LogP contribution in [0.4, 0.5) is 5.95 Å². The second-order valence-electron chi connectivity index (χ2n) is 8.54. The number of benzene rings is 1. The van der Waals surface area contributed by atoms with Crippen molar-refractivity contribution in [2.45, 2.75) is 31.3 Å². The van der Waals surface area contributed by atoms with Crippen LogP contribution < -0.4 is 15.8 Å². The number of nitrogens with one attached hydrogen (secondary N) is 2. The van der Waals surface area contributed by atoms with E-state index in [4.69, 9.17) is 16.6 Å². The number of nitrogens with zero attached hydrogens (tertiary/aromatic N) is 6. The molecule has 3 aromatic heterocycles. The maximum absolute atomic E-state index is 13.5. The van der Waals surface area contributed by atoms with E-state index in [9.17, 15) is 4.79 Å². The Bertz CT molecular complexity index is 1360. The monoisotopic (exact) mass is 438 g/mol. The number of aromatic amines is 1. The zero-order chi connectivity index (χ0) is 21.3. The van der Waals surface area contributed by atoms with Gasteiger partial charge in [0.15, 0.2) is 5.65 Å². The van der Waals surface area contributed by atoms with Crippen LogP contribution in [0.1, 0.15) is 19.3 Å². The van der Waals surface area contributed by atoms with Crippen LogP contribution in [-0.4, -0.2) is 54.7 Å². The van der Waals surface area contributed by atoms with Gasteiger partial charge in [0, 0.05) is 56.4 Å². The second kappa shape index (κ2) is 6.80. The molecule has 0 saturated carbocycles. The number of hydrogen-bond donors (Lipinski definition) is 2. The van der Waals surface area contributed by atoms with Gasteiger partial charge >= 0.3 is 0 Å². The fourth-order valence-electron chi connectivity index (χ4n) is 5.15. The molecule has 5 heterocycles. The van der Waals surface area contributed by atoms with Gasteiger partial charge in [-0.1, -0.05) is 11.6 Å². The van der Waals surface area contributed by atoms with E-state index in [1.165, 1.54) is 6.42 Å². The number of hydrogen-bond acceptors (Lipinski definition) is 6. The summed E-state index contributed by atoms with van der Waals surface area (Å²) in [5.74, 6) is 0.695. The van der Waals surface area contributed by atoms with Crippen molar-refractivity contribution >= 4 is 39.5 Å². The normalized spacial score (nSPS) is 21.3. The van der Waals surface area contributed by atoms with E-state index in [1.807, 2.05) is 25.4 Å². The lowest BCUT2D eigenvalue weighted by Crippen LogP contribution is -2.61. The van der Waals surface area contributed by atoms with Gasteiger partial charge in [0.1, 0.15) is 5.39 Å². The number of halogens is 1. The lowest BCUT2D eigenvalue weighted by atomic mass is 9.93. The number of piperazine rings is 1. The first kappa shape index (κ1) is 18.8. The molecule has 0 amide bonds. The van der Waals surface area contributed by atoms with Crippen molar-refractivity contribution in [3.05, 3.63) is 33.7 Å². The van der Waals surface area contributed by atoms with Crippen LogP contribution >= 0.6 is 11.6 Å². The molecule has 1 aromatic carbocycles. The highest BCUT2D eigenvalue weighted by atomic mass is 35.5. The molecule has 9 nitrogen and oxygen atoms in total. The third kappa shape index (κ3) is 2.73. The molecule has 160 valence electrons. The van der Waals surface area contributed by atoms with E-state index in [2.05, 4.69) is 25.5 Å². The molecule has 2 atom stereocenters. The quantitative estimate of drug-likeness (QED) is 0.498. The number of piperidine rings is 1.